The van der Waals surface area contributed by atoms with Gasteiger partial charge in [0, 0.05) is 38.3 Å². The van der Waals surface area contributed by atoms with Crippen molar-refractivity contribution in [3.63, 3.8) is 0 Å². The molecule has 2 fully saturated rings. The van der Waals surface area contributed by atoms with Crippen LogP contribution >= 0.6 is 12.4 Å². The molecule has 6 rings (SSSR count). The smallest absolute Gasteiger partial charge is 0.298 e. The van der Waals surface area contributed by atoms with Gasteiger partial charge >= 0.3 is 0 Å². The molecule has 2 aliphatic rings. The molecule has 174 valence electrons. The summed E-state index contributed by atoms with van der Waals surface area (Å²) in [5.41, 5.74) is 3.74. The fourth-order valence-electron chi connectivity index (χ4n) is 5.11. The van der Waals surface area contributed by atoms with Gasteiger partial charge in [-0.15, -0.1) is 12.4 Å². The Morgan fingerprint density at radius 1 is 1.12 bits per heavy atom. The van der Waals surface area contributed by atoms with Crippen molar-refractivity contribution in [3.8, 4) is 0 Å². The summed E-state index contributed by atoms with van der Waals surface area (Å²) in [5, 5.41) is 0.932. The molecular formula is C24H27ClFN5O2. The summed E-state index contributed by atoms with van der Waals surface area (Å²) in [5.74, 6) is 0.118. The summed E-state index contributed by atoms with van der Waals surface area (Å²) >= 11 is 0. The van der Waals surface area contributed by atoms with Crippen LogP contribution in [0.2, 0.25) is 0 Å². The highest BCUT2D eigenvalue weighted by Crippen LogP contribution is 2.35. The number of nitrogens with zero attached hydrogens (tertiary/aromatic N) is 5. The minimum atomic E-state index is -0.280. The molecule has 1 unspecified atom stereocenters. The van der Waals surface area contributed by atoms with Gasteiger partial charge in [-0.05, 0) is 42.5 Å². The second kappa shape index (κ2) is 8.93. The van der Waals surface area contributed by atoms with E-state index in [0.717, 1.165) is 61.2 Å². The Hall–Kier alpha value is -2.68. The number of pyridine rings is 1. The lowest BCUT2D eigenvalue weighted by Crippen LogP contribution is -2.53. The van der Waals surface area contributed by atoms with Crippen LogP contribution in [0.3, 0.4) is 0 Å². The lowest BCUT2D eigenvalue weighted by molar-refractivity contribution is -0.0760. The van der Waals surface area contributed by atoms with E-state index in [-0.39, 0.29) is 24.5 Å². The molecular weight excluding hydrogens is 445 g/mol. The number of para-hydroxylation sites is 2. The van der Waals surface area contributed by atoms with E-state index in [1.54, 1.807) is 6.07 Å². The van der Waals surface area contributed by atoms with Crippen LogP contribution in [0, 0.1) is 5.82 Å². The van der Waals surface area contributed by atoms with Gasteiger partial charge in [-0.2, -0.15) is 4.98 Å². The number of ether oxygens (including phenoxy) is 1. The van der Waals surface area contributed by atoms with Crippen LogP contribution in [0.15, 0.2) is 47.1 Å². The first-order valence-corrected chi connectivity index (χ1v) is 11.2. The summed E-state index contributed by atoms with van der Waals surface area (Å²) in [7, 11) is 1.97. The van der Waals surface area contributed by atoms with Crippen molar-refractivity contribution < 1.29 is 13.5 Å². The number of anilines is 1. The molecule has 9 heteroatoms. The quantitative estimate of drug-likeness (QED) is 0.443. The summed E-state index contributed by atoms with van der Waals surface area (Å²) in [4.78, 5) is 13.5. The number of benzene rings is 1. The maximum absolute atomic E-state index is 13.8. The van der Waals surface area contributed by atoms with Crippen molar-refractivity contribution in [2.75, 3.05) is 37.7 Å². The van der Waals surface area contributed by atoms with Gasteiger partial charge in [0.15, 0.2) is 5.58 Å². The number of rotatable bonds is 3. The third kappa shape index (κ3) is 4.07. The summed E-state index contributed by atoms with van der Waals surface area (Å²) in [6.45, 7) is 4.04. The standard InChI is InChI=1S/C24H26FN5O2.ClH/c1-28-14-19(18-12-17(25)13-26-23(18)28)16-6-8-29(9-7-16)22-15-30(10-11-31-22)24-27-20-4-2-3-5-21(20)32-24;/h2-5,12-14,16,22H,6-11,15H2,1H3;1H. The van der Waals surface area contributed by atoms with Crippen LogP contribution in [0.25, 0.3) is 22.1 Å². The first-order valence-electron chi connectivity index (χ1n) is 11.2. The summed E-state index contributed by atoms with van der Waals surface area (Å²) in [6.07, 6.45) is 5.45. The average Bonchev–Trinajstić information content (AvgIpc) is 3.40. The van der Waals surface area contributed by atoms with E-state index in [1.165, 1.54) is 11.8 Å². The van der Waals surface area contributed by atoms with Gasteiger partial charge in [0.05, 0.1) is 19.3 Å². The van der Waals surface area contributed by atoms with Crippen molar-refractivity contribution in [3.05, 3.63) is 54.1 Å². The topological polar surface area (TPSA) is 59.6 Å². The van der Waals surface area contributed by atoms with Crippen LogP contribution in [0.1, 0.15) is 24.3 Å². The molecule has 1 aromatic carbocycles. The molecule has 0 saturated carbocycles. The number of morpholine rings is 1. The molecule has 0 amide bonds. The minimum Gasteiger partial charge on any atom is -0.423 e. The van der Waals surface area contributed by atoms with Crippen molar-refractivity contribution in [1.29, 1.82) is 0 Å². The van der Waals surface area contributed by atoms with E-state index in [0.29, 0.717) is 18.5 Å². The Bertz CT molecular complexity index is 1230. The highest BCUT2D eigenvalue weighted by Gasteiger charge is 2.32. The Morgan fingerprint density at radius 3 is 2.76 bits per heavy atom. The van der Waals surface area contributed by atoms with Gasteiger partial charge < -0.3 is 18.6 Å². The molecule has 7 nitrogen and oxygen atoms in total. The van der Waals surface area contributed by atoms with Gasteiger partial charge in [-0.25, -0.2) is 9.37 Å². The number of oxazole rings is 1. The first kappa shape index (κ1) is 22.1. The molecule has 0 aliphatic carbocycles. The van der Waals surface area contributed by atoms with Crippen LogP contribution in [-0.2, 0) is 11.8 Å². The molecule has 0 bridgehead atoms. The van der Waals surface area contributed by atoms with Gasteiger partial charge in [-0.3, -0.25) is 4.90 Å². The second-order valence-corrected chi connectivity index (χ2v) is 8.77. The fraction of sp³-hybridized carbons (Fsp3) is 0.417. The van der Waals surface area contributed by atoms with Crippen LogP contribution in [-0.4, -0.2) is 58.4 Å². The van der Waals surface area contributed by atoms with Crippen LogP contribution in [0.5, 0.6) is 0 Å². The summed E-state index contributed by atoms with van der Waals surface area (Å²) in [6, 6.07) is 10.1. The number of fused-ring (bicyclic) bond motifs is 2. The Labute approximate surface area is 197 Å². The van der Waals surface area contributed by atoms with Crippen molar-refractivity contribution >= 4 is 40.6 Å². The number of aromatic nitrogens is 3. The predicted octanol–water partition coefficient (Wildman–Crippen LogP) is 4.32. The van der Waals surface area contributed by atoms with Gasteiger partial charge in [0.2, 0.25) is 0 Å². The lowest BCUT2D eigenvalue weighted by Gasteiger charge is -2.41. The van der Waals surface area contributed by atoms with E-state index >= 15 is 0 Å². The van der Waals surface area contributed by atoms with Gasteiger partial charge in [0.1, 0.15) is 23.2 Å². The molecule has 0 N–H and O–H groups in total. The zero-order valence-corrected chi connectivity index (χ0v) is 19.3. The average molecular weight is 472 g/mol. The predicted molar refractivity (Wildman–Crippen MR) is 127 cm³/mol. The second-order valence-electron chi connectivity index (χ2n) is 8.77. The van der Waals surface area contributed by atoms with Crippen LogP contribution in [0.4, 0.5) is 10.4 Å². The molecule has 5 heterocycles. The molecule has 33 heavy (non-hydrogen) atoms. The molecule has 1 atom stereocenters. The van der Waals surface area contributed by atoms with Crippen molar-refractivity contribution in [2.45, 2.75) is 25.0 Å². The highest BCUT2D eigenvalue weighted by molar-refractivity contribution is 5.85. The van der Waals surface area contributed by atoms with Gasteiger partial charge in [0.25, 0.3) is 6.01 Å². The molecule has 0 radical (unpaired) electrons. The normalized spacial score (nSPS) is 20.4. The number of piperidine rings is 1. The van der Waals surface area contributed by atoms with E-state index in [2.05, 4.69) is 26.0 Å². The highest BCUT2D eigenvalue weighted by atomic mass is 35.5. The molecule has 3 aromatic heterocycles. The van der Waals surface area contributed by atoms with Crippen molar-refractivity contribution in [2.24, 2.45) is 7.05 Å². The number of hydrogen-bond donors (Lipinski definition) is 0. The molecule has 2 aliphatic heterocycles. The fourth-order valence-corrected chi connectivity index (χ4v) is 5.11. The largest absolute Gasteiger partial charge is 0.423 e. The summed E-state index contributed by atoms with van der Waals surface area (Å²) < 4.78 is 27.9. The number of hydrogen-bond acceptors (Lipinski definition) is 6. The van der Waals surface area contributed by atoms with Gasteiger partial charge in [-0.1, -0.05) is 12.1 Å². The molecule has 4 aromatic rings. The minimum absolute atomic E-state index is 0. The monoisotopic (exact) mass is 471 g/mol. The van der Waals surface area contributed by atoms with E-state index in [1.807, 2.05) is 35.9 Å². The number of halogens is 2. The van der Waals surface area contributed by atoms with Crippen molar-refractivity contribution in [1.82, 2.24) is 19.4 Å². The zero-order valence-electron chi connectivity index (χ0n) is 18.5. The van der Waals surface area contributed by atoms with E-state index in [4.69, 9.17) is 9.15 Å². The zero-order chi connectivity index (χ0) is 21.7. The number of likely N-dealkylation sites (tertiary alicyclic amines) is 1. The lowest BCUT2D eigenvalue weighted by atomic mass is 9.89. The Morgan fingerprint density at radius 2 is 1.94 bits per heavy atom. The maximum atomic E-state index is 13.8. The third-order valence-corrected chi connectivity index (χ3v) is 6.79. The van der Waals surface area contributed by atoms with E-state index in [9.17, 15) is 4.39 Å². The van der Waals surface area contributed by atoms with Crippen LogP contribution < -0.4 is 4.90 Å². The third-order valence-electron chi connectivity index (χ3n) is 6.79. The SMILES string of the molecule is Cl.Cn1cc(C2CCN(C3CN(c4nc5ccccc5o4)CCO3)CC2)c2cc(F)cnc21. The maximum Gasteiger partial charge on any atom is 0.298 e. The van der Waals surface area contributed by atoms with E-state index < -0.39 is 0 Å². The molecule has 0 spiro atoms. The Balaban J connectivity index is 0.00000228. The number of aryl methyl sites for hydroxylation is 1. The Kier molecular flexibility index (Phi) is 5.99. The molecule has 2 saturated heterocycles. The first-order chi connectivity index (χ1) is 15.7.